The number of thioether (sulfide) groups is 1. The van der Waals surface area contributed by atoms with Gasteiger partial charge in [0.1, 0.15) is 5.82 Å². The van der Waals surface area contributed by atoms with Crippen molar-refractivity contribution < 1.29 is 4.79 Å². The average molecular weight is 351 g/mol. The van der Waals surface area contributed by atoms with Gasteiger partial charge < -0.3 is 9.88 Å². The normalized spacial score (nSPS) is 10.6. The van der Waals surface area contributed by atoms with Crippen molar-refractivity contribution in [3.8, 4) is 0 Å². The molecule has 1 heterocycles. The number of halogens is 1. The SMILES string of the molecule is C=CCn1c(CC)nnc1SCC(=O)Nc1ccc(C)c(Cl)c1. The Kier molecular flexibility index (Phi) is 6.24. The van der Waals surface area contributed by atoms with Gasteiger partial charge in [0, 0.05) is 23.7 Å². The fourth-order valence-electron chi connectivity index (χ4n) is 2.00. The first-order valence-electron chi connectivity index (χ1n) is 7.27. The molecule has 1 amide bonds. The summed E-state index contributed by atoms with van der Waals surface area (Å²) in [7, 11) is 0. The molecule has 0 spiro atoms. The lowest BCUT2D eigenvalue weighted by atomic mass is 10.2. The van der Waals surface area contributed by atoms with E-state index in [4.69, 9.17) is 11.6 Å². The number of carbonyl (C=O) groups excluding carboxylic acids is 1. The number of allylic oxidation sites excluding steroid dienone is 1. The van der Waals surface area contributed by atoms with Gasteiger partial charge in [-0.2, -0.15) is 0 Å². The maximum atomic E-state index is 12.1. The first-order valence-corrected chi connectivity index (χ1v) is 8.63. The Morgan fingerprint density at radius 1 is 1.48 bits per heavy atom. The number of anilines is 1. The van der Waals surface area contributed by atoms with E-state index in [0.29, 0.717) is 17.3 Å². The lowest BCUT2D eigenvalue weighted by Gasteiger charge is -2.08. The highest BCUT2D eigenvalue weighted by atomic mass is 35.5. The largest absolute Gasteiger partial charge is 0.325 e. The average Bonchev–Trinajstić information content (AvgIpc) is 2.91. The van der Waals surface area contributed by atoms with Gasteiger partial charge in [0.2, 0.25) is 5.91 Å². The zero-order valence-corrected chi connectivity index (χ0v) is 14.7. The van der Waals surface area contributed by atoms with Gasteiger partial charge in [-0.15, -0.1) is 16.8 Å². The highest BCUT2D eigenvalue weighted by molar-refractivity contribution is 7.99. The quantitative estimate of drug-likeness (QED) is 0.610. The Hall–Kier alpha value is -1.79. The summed E-state index contributed by atoms with van der Waals surface area (Å²) in [5, 5.41) is 12.5. The first kappa shape index (κ1) is 17.6. The van der Waals surface area contributed by atoms with Crippen molar-refractivity contribution >= 4 is 35.0 Å². The molecule has 2 rings (SSSR count). The number of nitrogens with one attached hydrogen (secondary N) is 1. The van der Waals surface area contributed by atoms with Crippen LogP contribution in [0, 0.1) is 6.92 Å². The number of amides is 1. The Morgan fingerprint density at radius 3 is 2.91 bits per heavy atom. The number of nitrogens with zero attached hydrogens (tertiary/aromatic N) is 3. The van der Waals surface area contributed by atoms with Crippen molar-refractivity contribution in [2.24, 2.45) is 0 Å². The van der Waals surface area contributed by atoms with Gasteiger partial charge in [-0.3, -0.25) is 4.79 Å². The molecule has 0 aliphatic heterocycles. The van der Waals surface area contributed by atoms with Crippen molar-refractivity contribution in [1.82, 2.24) is 14.8 Å². The predicted octanol–water partition coefficient (Wildman–Crippen LogP) is 3.72. The van der Waals surface area contributed by atoms with Crippen LogP contribution < -0.4 is 5.32 Å². The van der Waals surface area contributed by atoms with Crippen LogP contribution in [0.15, 0.2) is 36.0 Å². The molecule has 0 saturated carbocycles. The third-order valence-corrected chi connectivity index (χ3v) is 4.58. The first-order chi connectivity index (χ1) is 11.0. The molecule has 23 heavy (non-hydrogen) atoms. The lowest BCUT2D eigenvalue weighted by molar-refractivity contribution is -0.113. The van der Waals surface area contributed by atoms with Crippen LogP contribution in [0.2, 0.25) is 5.02 Å². The van der Waals surface area contributed by atoms with E-state index in [-0.39, 0.29) is 11.7 Å². The van der Waals surface area contributed by atoms with Crippen molar-refractivity contribution in [3.05, 3.63) is 47.3 Å². The second-order valence-electron chi connectivity index (χ2n) is 4.95. The van der Waals surface area contributed by atoms with Crippen LogP contribution in [0.1, 0.15) is 18.3 Å². The minimum absolute atomic E-state index is 0.110. The monoisotopic (exact) mass is 350 g/mol. The molecule has 2 aromatic rings. The van der Waals surface area contributed by atoms with Crippen LogP contribution in [-0.4, -0.2) is 26.4 Å². The summed E-state index contributed by atoms with van der Waals surface area (Å²) in [6.45, 7) is 8.31. The summed E-state index contributed by atoms with van der Waals surface area (Å²) < 4.78 is 1.97. The summed E-state index contributed by atoms with van der Waals surface area (Å²) in [6, 6.07) is 5.45. The lowest BCUT2D eigenvalue weighted by Crippen LogP contribution is -2.14. The zero-order valence-electron chi connectivity index (χ0n) is 13.2. The fraction of sp³-hybridized carbons (Fsp3) is 0.312. The number of hydrogen-bond acceptors (Lipinski definition) is 4. The van der Waals surface area contributed by atoms with Gasteiger partial charge in [0.15, 0.2) is 5.16 Å². The van der Waals surface area contributed by atoms with Crippen molar-refractivity contribution in [2.75, 3.05) is 11.1 Å². The third kappa shape index (κ3) is 4.59. The summed E-state index contributed by atoms with van der Waals surface area (Å²) in [5.41, 5.74) is 1.66. The predicted molar refractivity (Wildman–Crippen MR) is 95.1 cm³/mol. The Morgan fingerprint density at radius 2 is 2.26 bits per heavy atom. The highest BCUT2D eigenvalue weighted by Gasteiger charge is 2.12. The number of hydrogen-bond donors (Lipinski definition) is 1. The molecular weight excluding hydrogens is 332 g/mol. The summed E-state index contributed by atoms with van der Waals surface area (Å²) in [5.74, 6) is 1.03. The van der Waals surface area contributed by atoms with Gasteiger partial charge in [-0.1, -0.05) is 42.4 Å². The van der Waals surface area contributed by atoms with Gasteiger partial charge in [0.05, 0.1) is 5.75 Å². The minimum Gasteiger partial charge on any atom is -0.325 e. The number of aromatic nitrogens is 3. The van der Waals surface area contributed by atoms with E-state index in [1.165, 1.54) is 11.8 Å². The van der Waals surface area contributed by atoms with Gasteiger partial charge in [-0.25, -0.2) is 0 Å². The maximum absolute atomic E-state index is 12.1. The van der Waals surface area contributed by atoms with Crippen LogP contribution >= 0.6 is 23.4 Å². The smallest absolute Gasteiger partial charge is 0.234 e. The topological polar surface area (TPSA) is 59.8 Å². The molecule has 0 fully saturated rings. The van der Waals surface area contributed by atoms with E-state index in [9.17, 15) is 4.79 Å². The van der Waals surface area contributed by atoms with E-state index < -0.39 is 0 Å². The Labute approximate surface area is 145 Å². The molecule has 0 atom stereocenters. The molecule has 0 aliphatic carbocycles. The molecule has 0 saturated heterocycles. The molecule has 0 unspecified atom stereocenters. The van der Waals surface area contributed by atoms with Crippen LogP contribution in [0.4, 0.5) is 5.69 Å². The van der Waals surface area contributed by atoms with Crippen LogP contribution in [0.25, 0.3) is 0 Å². The van der Waals surface area contributed by atoms with Gasteiger partial charge in [0.25, 0.3) is 0 Å². The van der Waals surface area contributed by atoms with Crippen LogP contribution in [0.3, 0.4) is 0 Å². The van der Waals surface area contributed by atoms with E-state index >= 15 is 0 Å². The molecule has 0 aliphatic rings. The molecule has 1 N–H and O–H groups in total. The second kappa shape index (κ2) is 8.17. The standard InChI is InChI=1S/C16H19ClN4OS/c1-4-8-21-14(5-2)19-20-16(21)23-10-15(22)18-12-7-6-11(3)13(17)9-12/h4,6-7,9H,1,5,8,10H2,2-3H3,(H,18,22). The third-order valence-electron chi connectivity index (χ3n) is 3.21. The summed E-state index contributed by atoms with van der Waals surface area (Å²) in [4.78, 5) is 12.1. The molecule has 1 aromatic carbocycles. The number of benzene rings is 1. The molecule has 122 valence electrons. The second-order valence-corrected chi connectivity index (χ2v) is 6.30. The Balaban J connectivity index is 1.97. The van der Waals surface area contributed by atoms with E-state index in [1.807, 2.05) is 30.5 Å². The van der Waals surface area contributed by atoms with Crippen LogP contribution in [-0.2, 0) is 17.8 Å². The molecule has 0 radical (unpaired) electrons. The van der Waals surface area contributed by atoms with Crippen LogP contribution in [0.5, 0.6) is 0 Å². The minimum atomic E-state index is -0.110. The molecular formula is C16H19ClN4OS. The molecule has 7 heteroatoms. The van der Waals surface area contributed by atoms with Crippen molar-refractivity contribution in [3.63, 3.8) is 0 Å². The maximum Gasteiger partial charge on any atom is 0.234 e. The fourth-order valence-corrected chi connectivity index (χ4v) is 2.94. The zero-order chi connectivity index (χ0) is 16.8. The van der Waals surface area contributed by atoms with E-state index in [1.54, 1.807) is 12.1 Å². The number of aryl methyl sites for hydroxylation is 2. The highest BCUT2D eigenvalue weighted by Crippen LogP contribution is 2.21. The molecule has 1 aromatic heterocycles. The van der Waals surface area contributed by atoms with E-state index in [2.05, 4.69) is 22.1 Å². The number of rotatable bonds is 7. The van der Waals surface area contributed by atoms with Crippen molar-refractivity contribution in [2.45, 2.75) is 32.0 Å². The number of carbonyl (C=O) groups is 1. The molecule has 0 bridgehead atoms. The summed E-state index contributed by atoms with van der Waals surface area (Å²) >= 11 is 7.41. The van der Waals surface area contributed by atoms with Crippen molar-refractivity contribution in [1.29, 1.82) is 0 Å². The summed E-state index contributed by atoms with van der Waals surface area (Å²) in [6.07, 6.45) is 2.58. The van der Waals surface area contributed by atoms with Gasteiger partial charge in [-0.05, 0) is 24.6 Å². The Bertz CT molecular complexity index is 714. The van der Waals surface area contributed by atoms with Gasteiger partial charge >= 0.3 is 0 Å². The van der Waals surface area contributed by atoms with E-state index in [0.717, 1.165) is 23.0 Å². The molecule has 5 nitrogen and oxygen atoms in total.